The van der Waals surface area contributed by atoms with Crippen molar-refractivity contribution < 1.29 is 22.7 Å². The minimum atomic E-state index is -3.59. The highest BCUT2D eigenvalue weighted by Crippen LogP contribution is 2.26. The number of nitrogens with one attached hydrogen (secondary N) is 1. The third-order valence-electron chi connectivity index (χ3n) is 7.19. The summed E-state index contributed by atoms with van der Waals surface area (Å²) < 4.78 is 32.3. The number of carbonyl (C=O) groups excluding carboxylic acids is 2. The lowest BCUT2D eigenvalue weighted by atomic mass is 10.0. The first-order chi connectivity index (χ1) is 19.9. The zero-order chi connectivity index (χ0) is 30.9. The Morgan fingerprint density at radius 2 is 1.60 bits per heavy atom. The molecule has 0 aliphatic heterocycles. The van der Waals surface area contributed by atoms with Gasteiger partial charge in [-0.3, -0.25) is 13.9 Å². The topological polar surface area (TPSA) is 96.0 Å². The molecule has 3 aromatic carbocycles. The molecule has 0 aliphatic rings. The molecule has 0 aliphatic carbocycles. The third kappa shape index (κ3) is 9.08. The largest absolute Gasteiger partial charge is 0.497 e. The molecule has 9 heteroatoms. The van der Waals surface area contributed by atoms with Gasteiger partial charge in [0.15, 0.2) is 0 Å². The van der Waals surface area contributed by atoms with Crippen molar-refractivity contribution in [2.45, 2.75) is 65.6 Å². The first-order valence-corrected chi connectivity index (χ1v) is 16.1. The molecule has 226 valence electrons. The molecule has 0 aromatic heterocycles. The van der Waals surface area contributed by atoms with Crippen molar-refractivity contribution in [3.8, 4) is 5.75 Å². The Morgan fingerprint density at radius 3 is 2.24 bits per heavy atom. The maximum atomic E-state index is 14.0. The van der Waals surface area contributed by atoms with E-state index in [1.807, 2.05) is 94.4 Å². The van der Waals surface area contributed by atoms with Gasteiger partial charge in [0.05, 0.1) is 19.1 Å². The minimum absolute atomic E-state index is 0.0705. The maximum Gasteiger partial charge on any atom is 0.243 e. The van der Waals surface area contributed by atoms with Crippen molar-refractivity contribution in [2.24, 2.45) is 0 Å². The van der Waals surface area contributed by atoms with E-state index in [-0.39, 0.29) is 43.8 Å². The molecule has 42 heavy (non-hydrogen) atoms. The number of rotatable bonds is 14. The van der Waals surface area contributed by atoms with Crippen molar-refractivity contribution >= 4 is 27.5 Å². The zero-order valence-electron chi connectivity index (χ0n) is 25.5. The van der Waals surface area contributed by atoms with Crippen LogP contribution in [0.15, 0.2) is 72.8 Å². The average Bonchev–Trinajstić information content (AvgIpc) is 2.94. The SMILES string of the molecule is COc1cccc(CN(C(=O)CCCN(c2cccc(C)c2C)S(C)(=O)=O)[C@@H](Cc2ccccc2)C(=O)NC(C)C)c1. The number of sulfonamides is 1. The smallest absolute Gasteiger partial charge is 0.243 e. The van der Waals surface area contributed by atoms with E-state index >= 15 is 0 Å². The van der Waals surface area contributed by atoms with Crippen LogP contribution in [-0.2, 0) is 32.6 Å². The first kappa shape index (κ1) is 32.7. The Kier molecular flexibility index (Phi) is 11.6. The van der Waals surface area contributed by atoms with E-state index in [1.54, 1.807) is 18.1 Å². The molecule has 0 spiro atoms. The summed E-state index contributed by atoms with van der Waals surface area (Å²) in [5.41, 5.74) is 4.23. The molecule has 2 amide bonds. The molecule has 3 rings (SSSR count). The van der Waals surface area contributed by atoms with Crippen LogP contribution in [0.1, 0.15) is 48.9 Å². The van der Waals surface area contributed by atoms with E-state index in [9.17, 15) is 18.0 Å². The summed E-state index contributed by atoms with van der Waals surface area (Å²) in [6.07, 6.45) is 1.88. The fourth-order valence-corrected chi connectivity index (χ4v) is 5.91. The first-order valence-electron chi connectivity index (χ1n) is 14.2. The monoisotopic (exact) mass is 593 g/mol. The van der Waals surface area contributed by atoms with E-state index in [2.05, 4.69) is 5.32 Å². The van der Waals surface area contributed by atoms with Crippen molar-refractivity contribution in [1.29, 1.82) is 0 Å². The van der Waals surface area contributed by atoms with Gasteiger partial charge < -0.3 is 15.0 Å². The Balaban J connectivity index is 1.92. The van der Waals surface area contributed by atoms with Crippen molar-refractivity contribution in [1.82, 2.24) is 10.2 Å². The Hall–Kier alpha value is -3.85. The number of amides is 2. The van der Waals surface area contributed by atoms with Crippen molar-refractivity contribution in [2.75, 3.05) is 24.2 Å². The van der Waals surface area contributed by atoms with Crippen LogP contribution in [0.4, 0.5) is 5.69 Å². The number of benzene rings is 3. The molecule has 0 unspecified atom stereocenters. The van der Waals surface area contributed by atoms with Crippen LogP contribution < -0.4 is 14.4 Å². The molecule has 1 atom stereocenters. The van der Waals surface area contributed by atoms with Gasteiger partial charge in [-0.15, -0.1) is 0 Å². The number of hydrogen-bond donors (Lipinski definition) is 1. The maximum absolute atomic E-state index is 14.0. The van der Waals surface area contributed by atoms with Crippen LogP contribution in [0.3, 0.4) is 0 Å². The van der Waals surface area contributed by atoms with Gasteiger partial charge in [0.1, 0.15) is 11.8 Å². The van der Waals surface area contributed by atoms with Gasteiger partial charge in [0.2, 0.25) is 21.8 Å². The van der Waals surface area contributed by atoms with Gasteiger partial charge in [-0.2, -0.15) is 0 Å². The van der Waals surface area contributed by atoms with E-state index < -0.39 is 16.1 Å². The summed E-state index contributed by atoms with van der Waals surface area (Å²) in [5, 5.41) is 2.99. The normalized spacial score (nSPS) is 12.1. The van der Waals surface area contributed by atoms with Crippen LogP contribution in [0.5, 0.6) is 5.75 Å². The minimum Gasteiger partial charge on any atom is -0.497 e. The van der Waals surface area contributed by atoms with Crippen molar-refractivity contribution in [3.63, 3.8) is 0 Å². The number of aryl methyl sites for hydroxylation is 1. The quantitative estimate of drug-likeness (QED) is 0.283. The molecular formula is C33H43N3O5S. The van der Waals surface area contributed by atoms with Crippen LogP contribution in [0.2, 0.25) is 0 Å². The van der Waals surface area contributed by atoms with Gasteiger partial charge in [-0.25, -0.2) is 8.42 Å². The molecule has 0 bridgehead atoms. The second-order valence-electron chi connectivity index (χ2n) is 10.9. The summed E-state index contributed by atoms with van der Waals surface area (Å²) in [6.45, 7) is 7.95. The molecule has 0 saturated heterocycles. The number of nitrogens with zero attached hydrogens (tertiary/aromatic N) is 2. The predicted octanol–water partition coefficient (Wildman–Crippen LogP) is 5.02. The molecule has 8 nitrogen and oxygen atoms in total. The van der Waals surface area contributed by atoms with Gasteiger partial charge in [0.25, 0.3) is 0 Å². The molecule has 3 aromatic rings. The number of carbonyl (C=O) groups is 2. The fourth-order valence-electron chi connectivity index (χ4n) is 4.89. The van der Waals surface area contributed by atoms with Crippen LogP contribution in [0.25, 0.3) is 0 Å². The Morgan fingerprint density at radius 1 is 0.929 bits per heavy atom. The summed E-state index contributed by atoms with van der Waals surface area (Å²) in [5.74, 6) is 0.189. The summed E-state index contributed by atoms with van der Waals surface area (Å²) in [6, 6.07) is 21.7. The molecule has 1 N–H and O–H groups in total. The van der Waals surface area contributed by atoms with Gasteiger partial charge in [-0.1, -0.05) is 54.6 Å². The zero-order valence-corrected chi connectivity index (χ0v) is 26.3. The lowest BCUT2D eigenvalue weighted by Gasteiger charge is -2.32. The van der Waals surface area contributed by atoms with E-state index in [0.717, 1.165) is 22.3 Å². The van der Waals surface area contributed by atoms with Gasteiger partial charge in [0, 0.05) is 32.0 Å². The fraction of sp³-hybridized carbons (Fsp3) is 0.394. The van der Waals surface area contributed by atoms with E-state index in [0.29, 0.717) is 17.9 Å². The second kappa shape index (κ2) is 14.9. The van der Waals surface area contributed by atoms with E-state index in [1.165, 1.54) is 10.6 Å². The van der Waals surface area contributed by atoms with Crippen LogP contribution >= 0.6 is 0 Å². The molecule has 0 radical (unpaired) electrons. The lowest BCUT2D eigenvalue weighted by Crippen LogP contribution is -2.51. The number of ether oxygens (including phenoxy) is 1. The lowest BCUT2D eigenvalue weighted by molar-refractivity contribution is -0.141. The molecule has 0 heterocycles. The van der Waals surface area contributed by atoms with Crippen LogP contribution in [0, 0.1) is 13.8 Å². The molecular weight excluding hydrogens is 550 g/mol. The summed E-state index contributed by atoms with van der Waals surface area (Å²) >= 11 is 0. The van der Waals surface area contributed by atoms with Crippen molar-refractivity contribution in [3.05, 3.63) is 95.1 Å². The number of hydrogen-bond acceptors (Lipinski definition) is 5. The molecule has 0 fully saturated rings. The summed E-state index contributed by atoms with van der Waals surface area (Å²) in [7, 11) is -2.00. The number of methoxy groups -OCH3 is 1. The van der Waals surface area contributed by atoms with Gasteiger partial charge in [-0.05, 0) is 74.6 Å². The van der Waals surface area contributed by atoms with Crippen LogP contribution in [-0.4, -0.2) is 57.1 Å². The Labute approximate surface area is 250 Å². The average molecular weight is 594 g/mol. The summed E-state index contributed by atoms with van der Waals surface area (Å²) in [4.78, 5) is 29.1. The number of anilines is 1. The predicted molar refractivity (Wildman–Crippen MR) is 168 cm³/mol. The third-order valence-corrected chi connectivity index (χ3v) is 8.37. The van der Waals surface area contributed by atoms with Gasteiger partial charge >= 0.3 is 0 Å². The second-order valence-corrected chi connectivity index (χ2v) is 12.8. The molecule has 0 saturated carbocycles. The highest BCUT2D eigenvalue weighted by molar-refractivity contribution is 7.92. The standard InChI is InChI=1S/C33H43N3O5S/c1-24(2)34-33(38)31(22-27-14-8-7-9-15-27)35(23-28-16-11-17-29(21-28)41-5)32(37)19-12-20-36(42(6,39)40)30-18-10-13-25(3)26(30)4/h7-11,13-18,21,24,31H,12,19-20,22-23H2,1-6H3,(H,34,38)/t31-/m0/s1. The van der Waals surface area contributed by atoms with E-state index in [4.69, 9.17) is 4.74 Å². The Bertz CT molecular complexity index is 1460. The highest BCUT2D eigenvalue weighted by atomic mass is 32.2. The highest BCUT2D eigenvalue weighted by Gasteiger charge is 2.31.